The Labute approximate surface area is 178 Å². The fraction of sp³-hybridized carbons (Fsp3) is 0.318. The van der Waals surface area contributed by atoms with Crippen molar-refractivity contribution in [1.29, 1.82) is 0 Å². The molecule has 0 aliphatic carbocycles. The van der Waals surface area contributed by atoms with Crippen molar-refractivity contribution in [3.05, 3.63) is 69.2 Å². The largest absolute Gasteiger partial charge is 0.419 e. The lowest BCUT2D eigenvalue weighted by molar-refractivity contribution is 0.0889. The minimum Gasteiger partial charge on any atom is -0.408 e. The number of ketones is 1. The van der Waals surface area contributed by atoms with Crippen LogP contribution in [0.3, 0.4) is 0 Å². The summed E-state index contributed by atoms with van der Waals surface area (Å²) in [6.07, 6.45) is 1.76. The topological polar surface area (TPSA) is 98.5 Å². The average molecular weight is 428 g/mol. The number of Topliss-reactive ketones (excluding diaryl/α,β-unsaturated/α-hetero) is 1. The minimum atomic E-state index is -0.562. The molecule has 0 atom stereocenters. The second-order valence-electron chi connectivity index (χ2n) is 7.67. The molecule has 1 fully saturated rings. The Morgan fingerprint density at radius 3 is 2.40 bits per heavy atom. The number of halogens is 1. The lowest BCUT2D eigenvalue weighted by Crippen LogP contribution is -2.38. The number of carbonyl (C=O) groups is 2. The lowest BCUT2D eigenvalue weighted by atomic mass is 9.96. The lowest BCUT2D eigenvalue weighted by Gasteiger charge is -2.31. The van der Waals surface area contributed by atoms with Gasteiger partial charge in [-0.3, -0.25) is 19.1 Å². The first kappa shape index (κ1) is 20.4. The number of carbonyl (C=O) groups excluding carboxylic acids is 2. The van der Waals surface area contributed by atoms with Gasteiger partial charge in [0.05, 0.1) is 12.1 Å². The Morgan fingerprint density at radius 2 is 1.73 bits per heavy atom. The zero-order valence-electron chi connectivity index (χ0n) is 16.3. The van der Waals surface area contributed by atoms with E-state index in [0.29, 0.717) is 46.3 Å². The van der Waals surface area contributed by atoms with E-state index in [4.69, 9.17) is 21.8 Å². The summed E-state index contributed by atoms with van der Waals surface area (Å²) in [5.74, 6) is -0.617. The van der Waals surface area contributed by atoms with Crippen LogP contribution in [0, 0.1) is 5.92 Å². The molecule has 2 N–H and O–H groups in total. The highest BCUT2D eigenvalue weighted by molar-refractivity contribution is 6.30. The summed E-state index contributed by atoms with van der Waals surface area (Å²) in [7, 11) is 0. The predicted octanol–water partition coefficient (Wildman–Crippen LogP) is 2.94. The number of hydrogen-bond donors (Lipinski definition) is 1. The van der Waals surface area contributed by atoms with E-state index in [-0.39, 0.29) is 5.78 Å². The molecule has 156 valence electrons. The third kappa shape index (κ3) is 4.32. The van der Waals surface area contributed by atoms with Crippen molar-refractivity contribution in [2.75, 3.05) is 19.6 Å². The molecule has 1 aliphatic heterocycles. The number of amides is 1. The second kappa shape index (κ2) is 8.45. The fourth-order valence-corrected chi connectivity index (χ4v) is 4.03. The number of hydrogen-bond acceptors (Lipinski definition) is 5. The van der Waals surface area contributed by atoms with Gasteiger partial charge in [-0.25, -0.2) is 4.79 Å². The maximum atomic E-state index is 12.5. The number of oxazole rings is 1. The molecule has 0 unspecified atom stereocenters. The van der Waals surface area contributed by atoms with Gasteiger partial charge in [-0.15, -0.1) is 0 Å². The standard InChI is InChI=1S/C22H22ClN3O4/c23-17-4-1-15(2-5-17)19(27)13-25-9-7-14(8-10-25)12-26-18-6-3-16(21(24)28)11-20(18)30-22(26)29/h1-6,11,14H,7-10,12-13H2,(H2,24,28). The van der Waals surface area contributed by atoms with E-state index in [9.17, 15) is 14.4 Å². The molecule has 0 saturated carbocycles. The molecule has 3 aromatic rings. The molecule has 0 radical (unpaired) electrons. The fourth-order valence-electron chi connectivity index (χ4n) is 3.91. The van der Waals surface area contributed by atoms with Crippen LogP contribution in [-0.4, -0.2) is 40.8 Å². The predicted molar refractivity (Wildman–Crippen MR) is 114 cm³/mol. The Morgan fingerprint density at radius 1 is 1.07 bits per heavy atom. The Balaban J connectivity index is 1.37. The van der Waals surface area contributed by atoms with Crippen LogP contribution in [0.1, 0.15) is 33.6 Å². The van der Waals surface area contributed by atoms with Gasteiger partial charge in [0.2, 0.25) is 5.91 Å². The van der Waals surface area contributed by atoms with Crippen molar-refractivity contribution >= 4 is 34.4 Å². The molecular weight excluding hydrogens is 406 g/mol. The zero-order valence-corrected chi connectivity index (χ0v) is 17.1. The summed E-state index contributed by atoms with van der Waals surface area (Å²) in [5.41, 5.74) is 7.28. The third-order valence-corrected chi connectivity index (χ3v) is 5.89. The summed E-state index contributed by atoms with van der Waals surface area (Å²) in [4.78, 5) is 38.2. The summed E-state index contributed by atoms with van der Waals surface area (Å²) in [6.45, 7) is 2.50. The normalized spacial score (nSPS) is 15.5. The van der Waals surface area contributed by atoms with Gasteiger partial charge in [-0.2, -0.15) is 0 Å². The van der Waals surface area contributed by atoms with Gasteiger partial charge in [0, 0.05) is 22.7 Å². The van der Waals surface area contributed by atoms with E-state index in [1.54, 1.807) is 41.0 Å². The van der Waals surface area contributed by atoms with Gasteiger partial charge in [0.25, 0.3) is 0 Å². The number of nitrogens with two attached hydrogens (primary N) is 1. The van der Waals surface area contributed by atoms with E-state index in [1.807, 2.05) is 0 Å². The van der Waals surface area contributed by atoms with Crippen molar-refractivity contribution < 1.29 is 14.0 Å². The highest BCUT2D eigenvalue weighted by Gasteiger charge is 2.23. The highest BCUT2D eigenvalue weighted by atomic mass is 35.5. The number of piperidine rings is 1. The molecule has 2 aromatic carbocycles. The SMILES string of the molecule is NC(=O)c1ccc2c(c1)oc(=O)n2CC1CCN(CC(=O)c2ccc(Cl)cc2)CC1. The molecule has 4 rings (SSSR count). The van der Waals surface area contributed by atoms with Crippen LogP contribution >= 0.6 is 11.6 Å². The van der Waals surface area contributed by atoms with E-state index in [1.165, 1.54) is 6.07 Å². The van der Waals surface area contributed by atoms with E-state index in [0.717, 1.165) is 25.9 Å². The Bertz CT molecular complexity index is 1140. The first-order chi connectivity index (χ1) is 14.4. The van der Waals surface area contributed by atoms with Crippen LogP contribution in [0.2, 0.25) is 5.02 Å². The molecule has 1 aromatic heterocycles. The van der Waals surface area contributed by atoms with Gasteiger partial charge in [0.15, 0.2) is 11.4 Å². The van der Waals surface area contributed by atoms with Crippen LogP contribution < -0.4 is 11.5 Å². The molecule has 30 heavy (non-hydrogen) atoms. The molecule has 1 amide bonds. The number of aromatic nitrogens is 1. The van der Waals surface area contributed by atoms with Crippen molar-refractivity contribution in [2.24, 2.45) is 11.7 Å². The number of fused-ring (bicyclic) bond motifs is 1. The smallest absolute Gasteiger partial charge is 0.408 e. The number of nitrogens with zero attached hydrogens (tertiary/aromatic N) is 2. The van der Waals surface area contributed by atoms with E-state index >= 15 is 0 Å². The van der Waals surface area contributed by atoms with E-state index in [2.05, 4.69) is 4.90 Å². The average Bonchev–Trinajstić information content (AvgIpc) is 3.04. The molecule has 2 heterocycles. The van der Waals surface area contributed by atoms with Crippen molar-refractivity contribution in [2.45, 2.75) is 19.4 Å². The van der Waals surface area contributed by atoms with Crippen LogP contribution in [0.25, 0.3) is 11.1 Å². The van der Waals surface area contributed by atoms with Crippen molar-refractivity contribution in [3.8, 4) is 0 Å². The first-order valence-electron chi connectivity index (χ1n) is 9.85. The molecule has 1 aliphatic rings. The van der Waals surface area contributed by atoms with Crippen molar-refractivity contribution in [3.63, 3.8) is 0 Å². The second-order valence-corrected chi connectivity index (χ2v) is 8.11. The molecule has 7 nitrogen and oxygen atoms in total. The quantitative estimate of drug-likeness (QED) is 0.610. The molecule has 0 bridgehead atoms. The third-order valence-electron chi connectivity index (χ3n) is 5.63. The number of rotatable bonds is 6. The summed E-state index contributed by atoms with van der Waals surface area (Å²) in [6, 6.07) is 11.7. The first-order valence-corrected chi connectivity index (χ1v) is 10.2. The monoisotopic (exact) mass is 427 g/mol. The van der Waals surface area contributed by atoms with Crippen LogP contribution in [0.5, 0.6) is 0 Å². The molecule has 1 saturated heterocycles. The molecule has 8 heteroatoms. The maximum absolute atomic E-state index is 12.5. The molecule has 0 spiro atoms. The highest BCUT2D eigenvalue weighted by Crippen LogP contribution is 2.22. The molecular formula is C22H22ClN3O4. The summed E-state index contributed by atoms with van der Waals surface area (Å²) < 4.78 is 6.91. The summed E-state index contributed by atoms with van der Waals surface area (Å²) in [5, 5.41) is 0.611. The van der Waals surface area contributed by atoms with Gasteiger partial charge >= 0.3 is 5.76 Å². The summed E-state index contributed by atoms with van der Waals surface area (Å²) >= 11 is 5.88. The Hall–Kier alpha value is -2.90. The van der Waals surface area contributed by atoms with Crippen LogP contribution in [0.4, 0.5) is 0 Å². The van der Waals surface area contributed by atoms with Crippen molar-refractivity contribution in [1.82, 2.24) is 9.47 Å². The maximum Gasteiger partial charge on any atom is 0.419 e. The van der Waals surface area contributed by atoms with E-state index < -0.39 is 11.7 Å². The minimum absolute atomic E-state index is 0.0763. The Kier molecular flexibility index (Phi) is 5.74. The van der Waals surface area contributed by atoms with Gasteiger partial charge in [-0.05, 0) is 74.3 Å². The van der Waals surface area contributed by atoms with Gasteiger partial charge in [0.1, 0.15) is 0 Å². The number of primary amides is 1. The number of likely N-dealkylation sites (tertiary alicyclic amines) is 1. The van der Waals surface area contributed by atoms with Crippen LogP contribution in [0.15, 0.2) is 51.7 Å². The van der Waals surface area contributed by atoms with Gasteiger partial charge < -0.3 is 10.2 Å². The van der Waals surface area contributed by atoms with Crippen LogP contribution in [-0.2, 0) is 6.54 Å². The zero-order chi connectivity index (χ0) is 21.3. The number of benzene rings is 2. The van der Waals surface area contributed by atoms with Gasteiger partial charge in [-0.1, -0.05) is 11.6 Å².